The third-order valence-electron chi connectivity index (χ3n) is 4.34. The molecular formula is C15H18N4O. The fourth-order valence-electron chi connectivity index (χ4n) is 3.12. The summed E-state index contributed by atoms with van der Waals surface area (Å²) in [6, 6.07) is 4.53. The maximum Gasteiger partial charge on any atom is 0.250 e. The van der Waals surface area contributed by atoms with Crippen molar-refractivity contribution in [2.45, 2.75) is 18.9 Å². The van der Waals surface area contributed by atoms with Crippen LogP contribution in [0, 0.1) is 0 Å². The number of H-pyrrole nitrogens is 1. The van der Waals surface area contributed by atoms with Gasteiger partial charge in [0.25, 0.3) is 5.56 Å². The van der Waals surface area contributed by atoms with Gasteiger partial charge < -0.3 is 9.88 Å². The Balaban J connectivity index is 1.66. The summed E-state index contributed by atoms with van der Waals surface area (Å²) in [5.74, 6) is 0. The molecule has 2 aromatic heterocycles. The second kappa shape index (κ2) is 4.59. The molecule has 3 heterocycles. The number of piperazine rings is 1. The lowest BCUT2D eigenvalue weighted by Crippen LogP contribution is -2.47. The maximum atomic E-state index is 11.8. The molecule has 5 nitrogen and oxygen atoms in total. The van der Waals surface area contributed by atoms with E-state index in [1.165, 1.54) is 12.8 Å². The zero-order valence-electron chi connectivity index (χ0n) is 11.4. The number of hydrogen-bond donors (Lipinski definition) is 1. The Morgan fingerprint density at radius 1 is 1.20 bits per heavy atom. The first kappa shape index (κ1) is 11.9. The van der Waals surface area contributed by atoms with Crippen LogP contribution in [0.25, 0.3) is 10.9 Å². The van der Waals surface area contributed by atoms with Gasteiger partial charge in [-0.15, -0.1) is 0 Å². The van der Waals surface area contributed by atoms with Crippen LogP contribution < -0.4 is 10.5 Å². The number of aromatic nitrogens is 2. The molecule has 0 atom stereocenters. The zero-order valence-corrected chi connectivity index (χ0v) is 11.4. The van der Waals surface area contributed by atoms with Crippen LogP contribution in [0.4, 0.5) is 5.69 Å². The van der Waals surface area contributed by atoms with Gasteiger partial charge in [0.15, 0.2) is 0 Å². The smallest absolute Gasteiger partial charge is 0.250 e. The number of nitrogens with one attached hydrogen (secondary N) is 1. The van der Waals surface area contributed by atoms with Crippen molar-refractivity contribution >= 4 is 16.6 Å². The van der Waals surface area contributed by atoms with E-state index in [4.69, 9.17) is 0 Å². The highest BCUT2D eigenvalue weighted by Gasteiger charge is 2.31. The molecule has 1 N–H and O–H groups in total. The maximum absolute atomic E-state index is 11.8. The highest BCUT2D eigenvalue weighted by Crippen LogP contribution is 2.29. The van der Waals surface area contributed by atoms with Gasteiger partial charge in [-0.3, -0.25) is 14.7 Å². The fraction of sp³-hybridized carbons (Fsp3) is 0.467. The molecule has 20 heavy (non-hydrogen) atoms. The van der Waals surface area contributed by atoms with Gasteiger partial charge in [-0.05, 0) is 18.9 Å². The number of anilines is 1. The molecule has 4 rings (SSSR count). The van der Waals surface area contributed by atoms with Crippen LogP contribution in [0.5, 0.6) is 0 Å². The molecule has 0 aromatic carbocycles. The molecule has 0 unspecified atom stereocenters. The number of rotatable bonds is 2. The molecule has 0 amide bonds. The van der Waals surface area contributed by atoms with Crippen LogP contribution in [0.2, 0.25) is 0 Å². The molecular weight excluding hydrogens is 252 g/mol. The molecule has 1 saturated carbocycles. The van der Waals surface area contributed by atoms with E-state index in [1.807, 2.05) is 6.07 Å². The van der Waals surface area contributed by atoms with E-state index in [0.717, 1.165) is 48.8 Å². The first-order valence-electron chi connectivity index (χ1n) is 7.27. The minimum absolute atomic E-state index is 0.0508. The molecule has 1 aliphatic carbocycles. The Morgan fingerprint density at radius 2 is 2.00 bits per heavy atom. The van der Waals surface area contributed by atoms with E-state index in [-0.39, 0.29) is 5.56 Å². The number of fused-ring (bicyclic) bond motifs is 1. The average Bonchev–Trinajstić information content (AvgIpc) is 3.31. The van der Waals surface area contributed by atoms with Crippen molar-refractivity contribution in [3.8, 4) is 0 Å². The summed E-state index contributed by atoms with van der Waals surface area (Å²) in [5, 5.41) is 1.08. The number of nitrogens with zero attached hydrogens (tertiary/aromatic N) is 3. The van der Waals surface area contributed by atoms with Crippen LogP contribution >= 0.6 is 0 Å². The Morgan fingerprint density at radius 3 is 2.75 bits per heavy atom. The summed E-state index contributed by atoms with van der Waals surface area (Å²) in [6.45, 7) is 4.20. The normalized spacial score (nSPS) is 20.5. The Hall–Kier alpha value is -1.88. The van der Waals surface area contributed by atoms with Crippen molar-refractivity contribution in [2.24, 2.45) is 0 Å². The molecule has 0 radical (unpaired) electrons. The van der Waals surface area contributed by atoms with E-state index in [9.17, 15) is 4.79 Å². The lowest BCUT2D eigenvalue weighted by molar-refractivity contribution is 0.248. The van der Waals surface area contributed by atoms with Crippen LogP contribution in [0.3, 0.4) is 0 Å². The van der Waals surface area contributed by atoms with Gasteiger partial charge in [-0.1, -0.05) is 0 Å². The van der Waals surface area contributed by atoms with Gasteiger partial charge in [-0.25, -0.2) is 0 Å². The monoisotopic (exact) mass is 270 g/mol. The standard InChI is InChI=1S/C15H18N4O/c20-15-9-14(12-3-4-16-10-13(12)17-15)19-7-5-18(6-8-19)11-1-2-11/h3-4,9-11H,1-2,5-8H2,(H,17,20). The second-order valence-corrected chi connectivity index (χ2v) is 5.69. The molecule has 1 aliphatic heterocycles. The van der Waals surface area contributed by atoms with Gasteiger partial charge in [0, 0.05) is 49.9 Å². The number of aromatic amines is 1. The van der Waals surface area contributed by atoms with E-state index in [2.05, 4.69) is 19.8 Å². The Bertz CT molecular complexity index is 684. The predicted octanol–water partition coefficient (Wildman–Crippen LogP) is 1.21. The van der Waals surface area contributed by atoms with Crippen molar-refractivity contribution in [3.63, 3.8) is 0 Å². The fourth-order valence-corrected chi connectivity index (χ4v) is 3.12. The summed E-state index contributed by atoms with van der Waals surface area (Å²) >= 11 is 0. The Labute approximate surface area is 117 Å². The van der Waals surface area contributed by atoms with Crippen molar-refractivity contribution in [2.75, 3.05) is 31.1 Å². The van der Waals surface area contributed by atoms with E-state index in [0.29, 0.717) is 0 Å². The summed E-state index contributed by atoms with van der Waals surface area (Å²) in [5.41, 5.74) is 1.81. The minimum Gasteiger partial charge on any atom is -0.368 e. The second-order valence-electron chi connectivity index (χ2n) is 5.69. The van der Waals surface area contributed by atoms with Crippen molar-refractivity contribution in [1.82, 2.24) is 14.9 Å². The molecule has 0 spiro atoms. The van der Waals surface area contributed by atoms with Gasteiger partial charge in [0.1, 0.15) is 0 Å². The zero-order chi connectivity index (χ0) is 13.5. The first-order valence-corrected chi connectivity index (χ1v) is 7.27. The third kappa shape index (κ3) is 2.08. The quantitative estimate of drug-likeness (QED) is 0.891. The molecule has 2 aliphatic rings. The SMILES string of the molecule is O=c1cc(N2CCN(C3CC3)CC2)c2ccncc2[nH]1. The van der Waals surface area contributed by atoms with Gasteiger partial charge in [0.2, 0.25) is 0 Å². The van der Waals surface area contributed by atoms with Gasteiger partial charge >= 0.3 is 0 Å². The summed E-state index contributed by atoms with van der Waals surface area (Å²) in [4.78, 5) is 23.7. The van der Waals surface area contributed by atoms with Gasteiger partial charge in [-0.2, -0.15) is 0 Å². The van der Waals surface area contributed by atoms with Crippen molar-refractivity contribution < 1.29 is 0 Å². The van der Waals surface area contributed by atoms with Crippen LogP contribution in [-0.4, -0.2) is 47.1 Å². The van der Waals surface area contributed by atoms with Gasteiger partial charge in [0.05, 0.1) is 17.4 Å². The minimum atomic E-state index is -0.0508. The molecule has 0 bridgehead atoms. The van der Waals surface area contributed by atoms with Crippen LogP contribution in [-0.2, 0) is 0 Å². The number of pyridine rings is 2. The Kier molecular flexibility index (Phi) is 2.73. The van der Waals surface area contributed by atoms with E-state index < -0.39 is 0 Å². The van der Waals surface area contributed by atoms with Crippen molar-refractivity contribution in [3.05, 3.63) is 34.9 Å². The molecule has 5 heteroatoms. The molecule has 2 fully saturated rings. The largest absolute Gasteiger partial charge is 0.368 e. The predicted molar refractivity (Wildman–Crippen MR) is 79.2 cm³/mol. The third-order valence-corrected chi connectivity index (χ3v) is 4.34. The lowest BCUT2D eigenvalue weighted by Gasteiger charge is -2.36. The number of hydrogen-bond acceptors (Lipinski definition) is 4. The summed E-state index contributed by atoms with van der Waals surface area (Å²) in [7, 11) is 0. The molecule has 2 aromatic rings. The average molecular weight is 270 g/mol. The first-order chi connectivity index (χ1) is 9.81. The van der Waals surface area contributed by atoms with Crippen molar-refractivity contribution in [1.29, 1.82) is 0 Å². The van der Waals surface area contributed by atoms with Crippen LogP contribution in [0.1, 0.15) is 12.8 Å². The van der Waals surface area contributed by atoms with E-state index >= 15 is 0 Å². The van der Waals surface area contributed by atoms with Crippen LogP contribution in [0.15, 0.2) is 29.3 Å². The summed E-state index contributed by atoms with van der Waals surface area (Å²) in [6.07, 6.45) is 6.23. The molecule has 1 saturated heterocycles. The highest BCUT2D eigenvalue weighted by molar-refractivity contribution is 5.90. The highest BCUT2D eigenvalue weighted by atomic mass is 16.1. The van der Waals surface area contributed by atoms with E-state index in [1.54, 1.807) is 18.5 Å². The topological polar surface area (TPSA) is 52.2 Å². The summed E-state index contributed by atoms with van der Waals surface area (Å²) < 4.78 is 0. The molecule has 104 valence electrons. The lowest BCUT2D eigenvalue weighted by atomic mass is 10.2.